The van der Waals surface area contributed by atoms with Crippen molar-refractivity contribution >= 4 is 39.1 Å². The Morgan fingerprint density at radius 1 is 0.912 bits per heavy atom. The average molecular weight is 482 g/mol. The second-order valence-corrected chi connectivity index (χ2v) is 12.3. The van der Waals surface area contributed by atoms with E-state index in [1.807, 2.05) is 11.3 Å². The van der Waals surface area contributed by atoms with Gasteiger partial charge in [-0.25, -0.2) is 0 Å². The largest absolute Gasteiger partial charge is 0.402 e. The average Bonchev–Trinajstić information content (AvgIpc) is 3.26. The van der Waals surface area contributed by atoms with Crippen LogP contribution in [-0.4, -0.2) is 28.9 Å². The van der Waals surface area contributed by atoms with E-state index in [-0.39, 0.29) is 0 Å². The number of guanidine groups is 1. The van der Waals surface area contributed by atoms with Gasteiger partial charge in [0.25, 0.3) is 5.13 Å². The number of nitrogens with zero attached hydrogens (tertiary/aromatic N) is 2. The molecule has 0 saturated heterocycles. The summed E-state index contributed by atoms with van der Waals surface area (Å²) in [6.45, 7) is 4.75. The highest BCUT2D eigenvalue weighted by Crippen LogP contribution is 2.36. The smallest absolute Gasteiger partial charge is 0.351 e. The molecule has 0 unspecified atom stereocenters. The Morgan fingerprint density at radius 2 is 1.56 bits per heavy atom. The van der Waals surface area contributed by atoms with Crippen LogP contribution in [-0.2, 0) is 0 Å². The molecular weight excluding hydrogens is 435 g/mol. The van der Waals surface area contributed by atoms with Gasteiger partial charge in [-0.2, -0.15) is 5.32 Å². The van der Waals surface area contributed by atoms with Crippen LogP contribution in [0.1, 0.15) is 104 Å². The molecule has 34 heavy (non-hydrogen) atoms. The fourth-order valence-corrected chi connectivity index (χ4v) is 8.49. The summed E-state index contributed by atoms with van der Waals surface area (Å²) in [6.07, 6.45) is 20.5. The highest BCUT2D eigenvalue weighted by molar-refractivity contribution is 7.22. The quantitative estimate of drug-likeness (QED) is 0.393. The first-order valence-corrected chi connectivity index (χ1v) is 15.4. The lowest BCUT2D eigenvalue weighted by Gasteiger charge is -2.47. The summed E-state index contributed by atoms with van der Waals surface area (Å²) in [7, 11) is 0. The van der Waals surface area contributed by atoms with E-state index in [9.17, 15) is 0 Å². The van der Waals surface area contributed by atoms with Gasteiger partial charge in [0.1, 0.15) is 5.52 Å². The second-order valence-electron chi connectivity index (χ2n) is 11.3. The maximum Gasteiger partial charge on any atom is 0.351 e. The molecule has 0 spiro atoms. The number of aromatic nitrogens is 1. The normalized spacial score (nSPS) is 21.5. The number of benzene rings is 1. The Bertz CT molecular complexity index is 979. The minimum absolute atomic E-state index is 0.620. The monoisotopic (exact) mass is 481 g/mol. The molecule has 0 bridgehead atoms. The SMILES string of the molecule is CCCC[B-]1(CCCC)[N+](C2CCCCC2)=C(NC2CCCCC2)Nc2sc3ccccc3[n+]21. The molecular formula is C28H46BN4S+. The molecule has 1 aromatic heterocycles. The molecule has 4 nitrogen and oxygen atoms in total. The fourth-order valence-electron chi connectivity index (χ4n) is 7.33. The van der Waals surface area contributed by atoms with Gasteiger partial charge in [-0.3, -0.25) is 5.32 Å². The van der Waals surface area contributed by atoms with E-state index in [1.165, 1.54) is 124 Å². The van der Waals surface area contributed by atoms with Gasteiger partial charge in [-0.1, -0.05) is 114 Å². The molecule has 5 rings (SSSR count). The minimum atomic E-state index is -0.900. The summed E-state index contributed by atoms with van der Waals surface area (Å²) in [6, 6.07) is 10.4. The summed E-state index contributed by atoms with van der Waals surface area (Å²) in [5.41, 5.74) is 1.44. The molecule has 2 heterocycles. The van der Waals surface area contributed by atoms with Gasteiger partial charge in [0.05, 0.1) is 10.7 Å². The lowest BCUT2D eigenvalue weighted by atomic mass is 9.38. The van der Waals surface area contributed by atoms with Crippen molar-refractivity contribution in [2.75, 3.05) is 5.32 Å². The molecule has 2 aliphatic carbocycles. The molecule has 2 aromatic rings. The standard InChI is InChI=1S/C28H46BN4S/c1-3-5-21-29(22-6-4-2)32(24-17-11-8-12-18-24)27(30-23-15-9-7-10-16-23)31-28-33(29)25-19-13-14-20-26(25)34-28/h13-14,19-20,23-24,30-31H,3-12,15-18,21-22H2,1-2H3/q+1. The van der Waals surface area contributed by atoms with E-state index in [0.717, 1.165) is 0 Å². The van der Waals surface area contributed by atoms with Crippen LogP contribution in [0.2, 0.25) is 12.6 Å². The van der Waals surface area contributed by atoms with Crippen LogP contribution in [0.25, 0.3) is 10.2 Å². The molecule has 0 radical (unpaired) electrons. The Labute approximate surface area is 211 Å². The molecule has 2 N–H and O–H groups in total. The van der Waals surface area contributed by atoms with Gasteiger partial charge >= 0.3 is 12.4 Å². The first kappa shape index (κ1) is 24.2. The summed E-state index contributed by atoms with van der Waals surface area (Å²) < 4.78 is 7.21. The lowest BCUT2D eigenvalue weighted by Crippen LogP contribution is -2.78. The van der Waals surface area contributed by atoms with E-state index in [0.29, 0.717) is 12.1 Å². The van der Waals surface area contributed by atoms with Gasteiger partial charge in [-0.05, 0) is 37.8 Å². The van der Waals surface area contributed by atoms with Crippen molar-refractivity contribution in [1.82, 2.24) is 5.32 Å². The number of hydrogen-bond acceptors (Lipinski definition) is 3. The zero-order chi connectivity index (χ0) is 23.4. The number of rotatable bonds is 8. The van der Waals surface area contributed by atoms with E-state index in [1.54, 1.807) is 0 Å². The molecule has 2 fully saturated rings. The van der Waals surface area contributed by atoms with Crippen LogP contribution < -0.4 is 15.1 Å². The Morgan fingerprint density at radius 3 is 2.24 bits per heavy atom. The highest BCUT2D eigenvalue weighted by atomic mass is 32.1. The first-order valence-electron chi connectivity index (χ1n) is 14.6. The maximum atomic E-state index is 4.14. The lowest BCUT2D eigenvalue weighted by molar-refractivity contribution is -0.621. The van der Waals surface area contributed by atoms with Crippen LogP contribution in [0.15, 0.2) is 24.3 Å². The van der Waals surface area contributed by atoms with Crippen LogP contribution >= 0.6 is 11.3 Å². The summed E-state index contributed by atoms with van der Waals surface area (Å²) in [5, 5.41) is 9.52. The van der Waals surface area contributed by atoms with Gasteiger partial charge < -0.3 is 8.96 Å². The van der Waals surface area contributed by atoms with Crippen LogP contribution in [0.5, 0.6) is 0 Å². The number of nitrogens with one attached hydrogen (secondary N) is 2. The predicted octanol–water partition coefficient (Wildman–Crippen LogP) is 7.13. The summed E-state index contributed by atoms with van der Waals surface area (Å²) >= 11 is 1.96. The van der Waals surface area contributed by atoms with Crippen molar-refractivity contribution in [3.8, 4) is 0 Å². The molecule has 186 valence electrons. The van der Waals surface area contributed by atoms with Gasteiger partial charge in [-0.15, -0.1) is 0 Å². The topological polar surface area (TPSA) is 30.9 Å². The number of thiazole rings is 1. The third kappa shape index (κ3) is 4.64. The number of para-hydroxylation sites is 1. The summed E-state index contributed by atoms with van der Waals surface area (Å²) in [5.74, 6) is 1.36. The number of anilines is 1. The number of fused-ring (bicyclic) bond motifs is 3. The molecule has 0 amide bonds. The van der Waals surface area contributed by atoms with E-state index < -0.39 is 6.42 Å². The van der Waals surface area contributed by atoms with Gasteiger partial charge in [0, 0.05) is 6.04 Å². The van der Waals surface area contributed by atoms with Crippen LogP contribution in [0.3, 0.4) is 0 Å². The minimum Gasteiger partial charge on any atom is -0.402 e. The third-order valence-corrected chi connectivity index (χ3v) is 10.0. The van der Waals surface area contributed by atoms with Crippen molar-refractivity contribution < 1.29 is 8.96 Å². The summed E-state index contributed by atoms with van der Waals surface area (Å²) in [4.78, 5) is 0. The van der Waals surface area contributed by atoms with Crippen molar-refractivity contribution in [2.24, 2.45) is 0 Å². The van der Waals surface area contributed by atoms with Crippen molar-refractivity contribution in [3.05, 3.63) is 24.3 Å². The van der Waals surface area contributed by atoms with Crippen LogP contribution in [0.4, 0.5) is 5.13 Å². The van der Waals surface area contributed by atoms with E-state index in [4.69, 9.17) is 0 Å². The first-order chi connectivity index (χ1) is 16.8. The molecule has 6 heteroatoms. The predicted molar refractivity (Wildman–Crippen MR) is 148 cm³/mol. The zero-order valence-electron chi connectivity index (χ0n) is 21.7. The second kappa shape index (κ2) is 11.0. The van der Waals surface area contributed by atoms with Crippen molar-refractivity contribution in [3.63, 3.8) is 0 Å². The van der Waals surface area contributed by atoms with Crippen molar-refractivity contribution in [2.45, 2.75) is 128 Å². The molecule has 0 atom stereocenters. The number of unbranched alkanes of at least 4 members (excludes halogenated alkanes) is 2. The third-order valence-electron chi connectivity index (χ3n) is 8.99. The molecule has 1 aromatic carbocycles. The molecule has 3 aliphatic rings. The highest BCUT2D eigenvalue weighted by Gasteiger charge is 2.50. The number of hydrogen-bond donors (Lipinski definition) is 2. The van der Waals surface area contributed by atoms with Gasteiger partial charge in [0.15, 0.2) is 0 Å². The fraction of sp³-hybridized carbons (Fsp3) is 0.714. The molecule has 2 saturated carbocycles. The Kier molecular flexibility index (Phi) is 7.82. The Hall–Kier alpha value is -1.56. The maximum absolute atomic E-state index is 4.14. The Balaban J connectivity index is 1.69. The molecule has 1 aliphatic heterocycles. The zero-order valence-corrected chi connectivity index (χ0v) is 22.5. The van der Waals surface area contributed by atoms with E-state index >= 15 is 0 Å². The van der Waals surface area contributed by atoms with Crippen LogP contribution in [0, 0.1) is 0 Å². The van der Waals surface area contributed by atoms with Crippen molar-refractivity contribution in [1.29, 1.82) is 0 Å². The van der Waals surface area contributed by atoms with Gasteiger partial charge in [0.2, 0.25) is 0 Å². The van der Waals surface area contributed by atoms with E-state index in [2.05, 4.69) is 57.7 Å².